The molecule has 0 unspecified atom stereocenters. The maximum atomic E-state index is 13.0. The second kappa shape index (κ2) is 9.96. The van der Waals surface area contributed by atoms with E-state index in [0.717, 1.165) is 43.5 Å². The van der Waals surface area contributed by atoms with E-state index < -0.39 is 0 Å². The monoisotopic (exact) mass is 480 g/mol. The van der Waals surface area contributed by atoms with Crippen LogP contribution < -0.4 is 20.7 Å². The lowest BCUT2D eigenvalue weighted by Crippen LogP contribution is -2.48. The van der Waals surface area contributed by atoms with E-state index >= 15 is 0 Å². The zero-order valence-corrected chi connectivity index (χ0v) is 21.7. The molecule has 2 aliphatic rings. The Bertz CT molecular complexity index is 1060. The van der Waals surface area contributed by atoms with Gasteiger partial charge in [-0.05, 0) is 66.2 Å². The second-order valence-corrected chi connectivity index (χ2v) is 11.0. The lowest BCUT2D eigenvalue weighted by Gasteiger charge is -2.39. The Kier molecular flexibility index (Phi) is 7.15. The Morgan fingerprint density at radius 3 is 2.51 bits per heavy atom. The smallest absolute Gasteiger partial charge is 0.319 e. The molecule has 35 heavy (non-hydrogen) atoms. The Balaban J connectivity index is 1.40. The summed E-state index contributed by atoms with van der Waals surface area (Å²) >= 11 is 0. The number of hydrogen-bond acceptors (Lipinski definition) is 3. The van der Waals surface area contributed by atoms with Crippen LogP contribution in [-0.4, -0.2) is 29.7 Å². The van der Waals surface area contributed by atoms with Crippen molar-refractivity contribution in [2.75, 3.05) is 12.4 Å². The van der Waals surface area contributed by atoms with Crippen LogP contribution in [0.15, 0.2) is 36.5 Å². The van der Waals surface area contributed by atoms with Gasteiger partial charge in [-0.3, -0.25) is 4.79 Å². The zero-order valence-electron chi connectivity index (χ0n) is 21.7. The molecule has 1 aromatic carbocycles. The molecule has 1 heterocycles. The normalized spacial score (nSPS) is 24.3. The number of methoxy groups -OCH3 is 1. The van der Waals surface area contributed by atoms with Crippen LogP contribution >= 0.6 is 0 Å². The molecule has 0 aliphatic heterocycles. The van der Waals surface area contributed by atoms with E-state index in [1.807, 2.05) is 35.0 Å². The minimum atomic E-state index is -0.197. The van der Waals surface area contributed by atoms with E-state index in [9.17, 15) is 9.59 Å². The molecule has 0 spiro atoms. The van der Waals surface area contributed by atoms with Gasteiger partial charge in [0.25, 0.3) is 5.91 Å². The van der Waals surface area contributed by atoms with Gasteiger partial charge in [0, 0.05) is 25.3 Å². The minimum Gasteiger partial charge on any atom is -0.497 e. The quantitative estimate of drug-likeness (QED) is 0.439. The van der Waals surface area contributed by atoms with Crippen LogP contribution in [-0.2, 0) is 13.1 Å². The van der Waals surface area contributed by atoms with Crippen molar-refractivity contribution in [3.05, 3.63) is 47.8 Å². The summed E-state index contributed by atoms with van der Waals surface area (Å²) in [5, 5.41) is 9.23. The molecule has 2 saturated carbocycles. The van der Waals surface area contributed by atoms with Crippen LogP contribution in [0.5, 0.6) is 5.75 Å². The molecular weight excluding hydrogens is 440 g/mol. The molecule has 7 heteroatoms. The molecule has 3 amide bonds. The third-order valence-corrected chi connectivity index (χ3v) is 8.85. The summed E-state index contributed by atoms with van der Waals surface area (Å²) in [5.41, 5.74) is 2.54. The first-order valence-corrected chi connectivity index (χ1v) is 12.9. The van der Waals surface area contributed by atoms with Gasteiger partial charge in [-0.2, -0.15) is 0 Å². The predicted molar refractivity (Wildman–Crippen MR) is 139 cm³/mol. The molecular formula is C28H40N4O3. The second-order valence-electron chi connectivity index (χ2n) is 11.0. The van der Waals surface area contributed by atoms with Crippen molar-refractivity contribution < 1.29 is 14.3 Å². The molecule has 3 atom stereocenters. The van der Waals surface area contributed by atoms with Gasteiger partial charge in [-0.1, -0.05) is 46.2 Å². The first kappa shape index (κ1) is 25.1. The van der Waals surface area contributed by atoms with Crippen molar-refractivity contribution in [2.45, 2.75) is 78.9 Å². The number of fused-ring (bicyclic) bond motifs is 2. The molecule has 0 saturated heterocycles. The van der Waals surface area contributed by atoms with Gasteiger partial charge in [-0.25, -0.2) is 4.79 Å². The molecule has 4 rings (SSSR count). The zero-order chi connectivity index (χ0) is 25.2. The highest BCUT2D eigenvalue weighted by Gasteiger charge is 2.61. The van der Waals surface area contributed by atoms with E-state index in [-0.39, 0.29) is 28.8 Å². The van der Waals surface area contributed by atoms with Crippen LogP contribution in [0.3, 0.4) is 0 Å². The maximum absolute atomic E-state index is 13.0. The topological polar surface area (TPSA) is 84.4 Å². The number of unbranched alkanes of at least 4 members (excludes halogenated alkanes) is 1. The number of carbonyl (C=O) groups excluding carboxylic acids is 2. The van der Waals surface area contributed by atoms with Crippen LogP contribution in [0, 0.1) is 16.7 Å². The molecule has 2 bridgehead atoms. The fraction of sp³-hybridized carbons (Fsp3) is 0.571. The summed E-state index contributed by atoms with van der Waals surface area (Å²) in [7, 11) is 1.63. The van der Waals surface area contributed by atoms with Gasteiger partial charge in [0.1, 0.15) is 11.4 Å². The van der Waals surface area contributed by atoms with Gasteiger partial charge in [0.05, 0.1) is 12.8 Å². The maximum Gasteiger partial charge on any atom is 0.319 e. The number of benzene rings is 1. The number of nitrogens with zero attached hydrogens (tertiary/aromatic N) is 1. The number of anilines is 1. The van der Waals surface area contributed by atoms with Gasteiger partial charge >= 0.3 is 6.03 Å². The number of hydrogen-bond donors (Lipinski definition) is 3. The number of ether oxygens (including phenoxy) is 1. The highest BCUT2D eigenvalue weighted by molar-refractivity contribution is 5.96. The van der Waals surface area contributed by atoms with Crippen molar-refractivity contribution in [1.29, 1.82) is 0 Å². The lowest BCUT2D eigenvalue weighted by atomic mass is 9.69. The minimum absolute atomic E-state index is 0.120. The van der Waals surface area contributed by atoms with Crippen LogP contribution in [0.25, 0.3) is 0 Å². The number of aryl methyl sites for hydroxylation is 1. The molecule has 2 aromatic rings. The summed E-state index contributed by atoms with van der Waals surface area (Å²) in [6.45, 7) is 10.3. The summed E-state index contributed by atoms with van der Waals surface area (Å²) in [5.74, 6) is 1.28. The molecule has 1 aromatic heterocycles. The Hall–Kier alpha value is -2.96. The van der Waals surface area contributed by atoms with Gasteiger partial charge in [0.15, 0.2) is 0 Å². The average molecular weight is 481 g/mol. The number of aromatic nitrogens is 1. The molecule has 190 valence electrons. The standard InChI is InChI=1S/C28H40N4O3/c1-6-7-14-32-18-21(16-23(32)25(33)29-17-19-8-10-22(35-5)11-9-19)30-26(34)31-24-15-20-12-13-28(24,4)27(20,2)3/h8-11,16,18,20,24H,6-7,12-15,17H2,1-5H3,(H,29,33)(H2,30,31,34)/t20-,24+,28+/m1/s1. The van der Waals surface area contributed by atoms with E-state index in [1.54, 1.807) is 13.2 Å². The number of amides is 3. The van der Waals surface area contributed by atoms with Gasteiger partial charge in [-0.15, -0.1) is 0 Å². The molecule has 3 N–H and O–H groups in total. The number of nitrogens with one attached hydrogen (secondary N) is 3. The summed E-state index contributed by atoms with van der Waals surface area (Å²) in [6, 6.07) is 9.37. The third kappa shape index (κ3) is 4.91. The predicted octanol–water partition coefficient (Wildman–Crippen LogP) is 5.56. The largest absolute Gasteiger partial charge is 0.497 e. The number of rotatable bonds is 9. The molecule has 2 fully saturated rings. The van der Waals surface area contributed by atoms with Crippen molar-refractivity contribution in [3.63, 3.8) is 0 Å². The lowest BCUT2D eigenvalue weighted by molar-refractivity contribution is 0.0941. The molecule has 2 aliphatic carbocycles. The Morgan fingerprint density at radius 1 is 1.17 bits per heavy atom. The highest BCUT2D eigenvalue weighted by atomic mass is 16.5. The number of carbonyl (C=O) groups is 2. The fourth-order valence-corrected chi connectivity index (χ4v) is 6.05. The Labute approximate surface area is 209 Å². The Morgan fingerprint density at radius 2 is 1.91 bits per heavy atom. The average Bonchev–Trinajstić information content (AvgIpc) is 3.40. The number of urea groups is 1. The summed E-state index contributed by atoms with van der Waals surface area (Å²) < 4.78 is 7.13. The van der Waals surface area contributed by atoms with Crippen molar-refractivity contribution in [2.24, 2.45) is 16.7 Å². The molecule has 0 radical (unpaired) electrons. The summed E-state index contributed by atoms with van der Waals surface area (Å²) in [4.78, 5) is 25.9. The first-order valence-electron chi connectivity index (χ1n) is 12.9. The van der Waals surface area contributed by atoms with Gasteiger partial charge < -0.3 is 25.3 Å². The van der Waals surface area contributed by atoms with Crippen molar-refractivity contribution in [1.82, 2.24) is 15.2 Å². The van der Waals surface area contributed by atoms with Crippen LogP contribution in [0.1, 0.15) is 75.9 Å². The van der Waals surface area contributed by atoms with Crippen LogP contribution in [0.2, 0.25) is 0 Å². The van der Waals surface area contributed by atoms with Crippen molar-refractivity contribution >= 4 is 17.6 Å². The van der Waals surface area contributed by atoms with Crippen molar-refractivity contribution in [3.8, 4) is 5.75 Å². The van der Waals surface area contributed by atoms with Gasteiger partial charge in [0.2, 0.25) is 0 Å². The highest BCUT2D eigenvalue weighted by Crippen LogP contribution is 2.65. The van der Waals surface area contributed by atoms with E-state index in [0.29, 0.717) is 23.8 Å². The SMILES string of the molecule is CCCCn1cc(NC(=O)N[C@H]2C[C@H]3CC[C@]2(C)C3(C)C)cc1C(=O)NCc1ccc(OC)cc1. The summed E-state index contributed by atoms with van der Waals surface area (Å²) in [6.07, 6.45) is 7.28. The van der Waals surface area contributed by atoms with E-state index in [2.05, 4.69) is 43.6 Å². The molecule has 7 nitrogen and oxygen atoms in total. The van der Waals surface area contributed by atoms with Crippen LogP contribution in [0.4, 0.5) is 10.5 Å². The third-order valence-electron chi connectivity index (χ3n) is 8.85. The fourth-order valence-electron chi connectivity index (χ4n) is 6.05. The van der Waals surface area contributed by atoms with E-state index in [4.69, 9.17) is 4.74 Å². The first-order chi connectivity index (χ1) is 16.7. The van der Waals surface area contributed by atoms with E-state index in [1.165, 1.54) is 6.42 Å².